The number of alkyl halides is 1. The second-order valence-corrected chi connectivity index (χ2v) is 12.8. The Labute approximate surface area is 238 Å². The molecule has 3 heterocycles. The van der Waals surface area contributed by atoms with Crippen molar-refractivity contribution in [1.29, 1.82) is 0 Å². The molecular formula is C31H38FN5O4. The van der Waals surface area contributed by atoms with E-state index >= 15 is 0 Å². The van der Waals surface area contributed by atoms with E-state index in [1.54, 1.807) is 6.20 Å². The van der Waals surface area contributed by atoms with Crippen molar-refractivity contribution < 1.29 is 18.4 Å². The molecule has 4 aliphatic rings. The van der Waals surface area contributed by atoms with Gasteiger partial charge in [0.15, 0.2) is 11.5 Å². The number of nitrogens with zero attached hydrogens (tertiary/aromatic N) is 4. The Balaban J connectivity index is 1.25. The molecule has 2 bridgehead atoms. The number of H-pyrrole nitrogens is 1. The Morgan fingerprint density at radius 2 is 1.83 bits per heavy atom. The van der Waals surface area contributed by atoms with E-state index in [2.05, 4.69) is 20.3 Å². The number of carbonyl (C=O) groups is 1. The lowest BCUT2D eigenvalue weighted by atomic mass is 9.53. The third-order valence-electron chi connectivity index (χ3n) is 9.57. The van der Waals surface area contributed by atoms with E-state index in [1.807, 2.05) is 29.2 Å². The van der Waals surface area contributed by atoms with Crippen molar-refractivity contribution in [2.24, 2.45) is 11.3 Å². The van der Waals surface area contributed by atoms with Crippen LogP contribution in [0.15, 0.2) is 45.8 Å². The van der Waals surface area contributed by atoms with Crippen molar-refractivity contribution in [3.05, 3.63) is 58.6 Å². The number of benzene rings is 1. The summed E-state index contributed by atoms with van der Waals surface area (Å²) in [6.45, 7) is 4.90. The predicted octanol–water partition coefficient (Wildman–Crippen LogP) is 5.47. The highest BCUT2D eigenvalue weighted by Crippen LogP contribution is 2.57. The summed E-state index contributed by atoms with van der Waals surface area (Å²) < 4.78 is 25.3. The minimum Gasteiger partial charge on any atom is -0.381 e. The minimum atomic E-state index is -1.67. The zero-order valence-electron chi connectivity index (χ0n) is 23.8. The van der Waals surface area contributed by atoms with Crippen LogP contribution in [-0.2, 0) is 20.6 Å². The fraction of sp³-hybridized carbons (Fsp3) is 0.581. The Bertz CT molecular complexity index is 1430. The van der Waals surface area contributed by atoms with Crippen LogP contribution in [0.2, 0.25) is 0 Å². The van der Waals surface area contributed by atoms with Gasteiger partial charge in [-0.2, -0.15) is 10.1 Å². The third kappa shape index (κ3) is 5.71. The maximum Gasteiger partial charge on any atom is 0.264 e. The summed E-state index contributed by atoms with van der Waals surface area (Å²) in [5.74, 6) is 1.10. The van der Waals surface area contributed by atoms with Crippen molar-refractivity contribution >= 4 is 11.6 Å². The van der Waals surface area contributed by atoms with Gasteiger partial charge in [-0.25, -0.2) is 9.49 Å². The second-order valence-electron chi connectivity index (χ2n) is 12.8. The lowest BCUT2D eigenvalue weighted by molar-refractivity contribution is -0.120. The predicted molar refractivity (Wildman–Crippen MR) is 151 cm³/mol. The summed E-state index contributed by atoms with van der Waals surface area (Å²) in [5, 5.41) is 10.6. The van der Waals surface area contributed by atoms with Gasteiger partial charge in [0.05, 0.1) is 6.20 Å². The van der Waals surface area contributed by atoms with Crippen LogP contribution in [0, 0.1) is 11.3 Å². The molecule has 7 rings (SSSR count). The first-order chi connectivity index (χ1) is 19.6. The van der Waals surface area contributed by atoms with E-state index in [4.69, 9.17) is 9.26 Å². The van der Waals surface area contributed by atoms with E-state index in [9.17, 15) is 14.0 Å². The Kier molecular flexibility index (Phi) is 7.30. The van der Waals surface area contributed by atoms with E-state index < -0.39 is 5.67 Å². The molecule has 9 nitrogen and oxygen atoms in total. The highest BCUT2D eigenvalue weighted by molar-refractivity contribution is 5.94. The van der Waals surface area contributed by atoms with Crippen LogP contribution in [0.4, 0.5) is 10.1 Å². The Morgan fingerprint density at radius 1 is 1.10 bits per heavy atom. The molecule has 3 aliphatic carbocycles. The molecule has 0 unspecified atom stereocenters. The molecule has 0 spiro atoms. The number of hydrogen-bond donors (Lipinski definition) is 1. The lowest BCUT2D eigenvalue weighted by Crippen LogP contribution is -2.51. The summed E-state index contributed by atoms with van der Waals surface area (Å²) >= 11 is 0. The molecule has 3 aromatic rings. The molecule has 10 heteroatoms. The Morgan fingerprint density at radius 3 is 2.49 bits per heavy atom. The van der Waals surface area contributed by atoms with Gasteiger partial charge in [0.1, 0.15) is 0 Å². The molecule has 4 fully saturated rings. The monoisotopic (exact) mass is 563 g/mol. The summed E-state index contributed by atoms with van der Waals surface area (Å²) in [7, 11) is 0. The summed E-state index contributed by atoms with van der Waals surface area (Å²) in [6.07, 6.45) is 9.39. The highest BCUT2D eigenvalue weighted by atomic mass is 19.1. The van der Waals surface area contributed by atoms with E-state index in [1.165, 1.54) is 19.9 Å². The molecular weight excluding hydrogens is 525 g/mol. The first-order valence-electron chi connectivity index (χ1n) is 14.7. The average Bonchev–Trinajstić information content (AvgIpc) is 3.50. The van der Waals surface area contributed by atoms with Crippen molar-refractivity contribution in [3.8, 4) is 11.1 Å². The van der Waals surface area contributed by atoms with Gasteiger partial charge in [0, 0.05) is 48.9 Å². The Hall–Kier alpha value is -3.40. The first-order valence-corrected chi connectivity index (χ1v) is 14.7. The van der Waals surface area contributed by atoms with Crippen molar-refractivity contribution in [1.82, 2.24) is 20.3 Å². The fourth-order valence-corrected chi connectivity index (χ4v) is 6.87. The molecule has 1 N–H and O–H groups in total. The second kappa shape index (κ2) is 10.8. The van der Waals surface area contributed by atoms with Crippen LogP contribution >= 0.6 is 0 Å². The number of amides is 1. The summed E-state index contributed by atoms with van der Waals surface area (Å²) in [4.78, 5) is 32.4. The molecule has 218 valence electrons. The molecule has 41 heavy (non-hydrogen) atoms. The number of rotatable bonds is 8. The van der Waals surface area contributed by atoms with Gasteiger partial charge in [-0.3, -0.25) is 9.59 Å². The standard InChI is InChI=1S/C31H38FN5O4/c1-29(2,32)28-34-27(36-41-28)31-11-8-30(9-12-31,10-13-31)20-37(26(39)16-21-6-14-40-15-7-21)24-5-3-4-22(17-24)23-18-25(38)35-33-19-23/h3-5,17-19,21H,6-16,20H2,1-2H3,(H,35,38). The van der Waals surface area contributed by atoms with Crippen molar-refractivity contribution in [3.63, 3.8) is 0 Å². The normalized spacial score (nSPS) is 24.9. The summed E-state index contributed by atoms with van der Waals surface area (Å²) in [5.41, 5.74) is 0.247. The smallest absolute Gasteiger partial charge is 0.264 e. The summed E-state index contributed by atoms with van der Waals surface area (Å²) in [6, 6.07) is 9.37. The van der Waals surface area contributed by atoms with Crippen LogP contribution in [0.3, 0.4) is 0 Å². The van der Waals surface area contributed by atoms with Gasteiger partial charge < -0.3 is 14.2 Å². The molecule has 1 amide bonds. The van der Waals surface area contributed by atoms with Crippen LogP contribution in [0.5, 0.6) is 0 Å². The maximum absolute atomic E-state index is 14.4. The SMILES string of the molecule is CC(C)(F)c1nc(C23CCC(CN(C(=O)CC4CCOCC4)c4cccc(-c5cn[nH]c(=O)c5)c4)(CC2)CC3)no1. The number of hydrogen-bond acceptors (Lipinski definition) is 7. The van der Waals surface area contributed by atoms with Crippen LogP contribution in [0.1, 0.15) is 83.3 Å². The molecule has 2 aromatic heterocycles. The maximum atomic E-state index is 14.4. The van der Waals surface area contributed by atoms with Crippen LogP contribution in [-0.4, -0.2) is 46.0 Å². The number of aromatic nitrogens is 4. The molecule has 0 atom stereocenters. The zero-order chi connectivity index (χ0) is 28.7. The number of halogens is 1. The molecule has 0 radical (unpaired) electrons. The first kappa shape index (κ1) is 27.8. The van der Waals surface area contributed by atoms with Gasteiger partial charge in [-0.15, -0.1) is 0 Å². The minimum absolute atomic E-state index is 0.0134. The fourth-order valence-electron chi connectivity index (χ4n) is 6.87. The van der Waals surface area contributed by atoms with Crippen molar-refractivity contribution in [2.45, 2.75) is 82.7 Å². The van der Waals surface area contributed by atoms with Crippen LogP contribution in [0.25, 0.3) is 11.1 Å². The molecule has 1 aromatic carbocycles. The van der Waals surface area contributed by atoms with E-state index in [0.29, 0.717) is 43.5 Å². The van der Waals surface area contributed by atoms with Gasteiger partial charge >= 0.3 is 0 Å². The number of fused-ring (bicyclic) bond motifs is 3. The number of anilines is 1. The number of carbonyl (C=O) groups excluding carboxylic acids is 1. The average molecular weight is 564 g/mol. The van der Waals surface area contributed by atoms with Crippen LogP contribution < -0.4 is 10.5 Å². The van der Waals surface area contributed by atoms with Gasteiger partial charge in [0.2, 0.25) is 5.91 Å². The number of aromatic amines is 1. The number of nitrogens with one attached hydrogen (secondary N) is 1. The van der Waals surface area contributed by atoms with Gasteiger partial charge in [-0.05, 0) is 94.2 Å². The molecule has 1 aliphatic heterocycles. The number of ether oxygens (including phenoxy) is 1. The van der Waals surface area contributed by atoms with E-state index in [-0.39, 0.29) is 28.2 Å². The van der Waals surface area contributed by atoms with Crippen molar-refractivity contribution in [2.75, 3.05) is 24.7 Å². The van der Waals surface area contributed by atoms with E-state index in [0.717, 1.165) is 62.6 Å². The lowest BCUT2D eigenvalue weighted by Gasteiger charge is -2.53. The van der Waals surface area contributed by atoms with Gasteiger partial charge in [-0.1, -0.05) is 17.3 Å². The largest absolute Gasteiger partial charge is 0.381 e. The molecule has 1 saturated heterocycles. The highest BCUT2D eigenvalue weighted by Gasteiger charge is 2.52. The zero-order valence-corrected chi connectivity index (χ0v) is 23.8. The molecule has 3 saturated carbocycles. The van der Waals surface area contributed by atoms with Gasteiger partial charge in [0.25, 0.3) is 11.4 Å². The quantitative estimate of drug-likeness (QED) is 0.387. The third-order valence-corrected chi connectivity index (χ3v) is 9.57. The topological polar surface area (TPSA) is 114 Å².